The second-order valence-electron chi connectivity index (χ2n) is 4.04. The molecule has 0 fully saturated rings. The number of methoxy groups -OCH3 is 1. The van der Waals surface area contributed by atoms with Gasteiger partial charge in [0.1, 0.15) is 17.4 Å². The quantitative estimate of drug-likeness (QED) is 0.931. The number of rotatable bonds is 3. The van der Waals surface area contributed by atoms with E-state index >= 15 is 0 Å². The Morgan fingerprint density at radius 2 is 1.89 bits per heavy atom. The molecule has 2 nitrogen and oxygen atoms in total. The molecular formula is C14H12BrF2NO. The highest BCUT2D eigenvalue weighted by Crippen LogP contribution is 2.30. The van der Waals surface area contributed by atoms with Crippen LogP contribution in [0.15, 0.2) is 40.9 Å². The molecule has 0 aliphatic rings. The predicted molar refractivity (Wildman–Crippen MR) is 73.1 cm³/mol. The monoisotopic (exact) mass is 327 g/mol. The van der Waals surface area contributed by atoms with E-state index in [4.69, 9.17) is 10.5 Å². The molecule has 0 aromatic heterocycles. The average Bonchev–Trinajstić information content (AvgIpc) is 2.38. The lowest BCUT2D eigenvalue weighted by Crippen LogP contribution is -2.13. The number of ether oxygens (including phenoxy) is 1. The van der Waals surface area contributed by atoms with Crippen molar-refractivity contribution in [2.45, 2.75) is 6.04 Å². The number of hydrogen-bond donors (Lipinski definition) is 1. The third-order valence-electron chi connectivity index (χ3n) is 2.83. The van der Waals surface area contributed by atoms with Crippen LogP contribution in [0.4, 0.5) is 8.78 Å². The van der Waals surface area contributed by atoms with Crippen molar-refractivity contribution >= 4 is 15.9 Å². The Balaban J connectivity index is 2.38. The van der Waals surface area contributed by atoms with Crippen LogP contribution in [0.25, 0.3) is 0 Å². The molecule has 1 unspecified atom stereocenters. The molecule has 5 heteroatoms. The van der Waals surface area contributed by atoms with Crippen molar-refractivity contribution in [2.75, 3.05) is 7.11 Å². The standard InChI is InChI=1S/C14H12BrF2NO/c1-19-13-5-2-8(6-11(13)15)14(18)10-4-3-9(16)7-12(10)17/h2-7,14H,18H2,1H3. The van der Waals surface area contributed by atoms with Crippen molar-refractivity contribution in [2.24, 2.45) is 5.73 Å². The lowest BCUT2D eigenvalue weighted by Gasteiger charge is -2.15. The Morgan fingerprint density at radius 1 is 1.16 bits per heavy atom. The van der Waals surface area contributed by atoms with Crippen LogP contribution in [-0.2, 0) is 0 Å². The minimum Gasteiger partial charge on any atom is -0.496 e. The molecule has 1 atom stereocenters. The zero-order valence-electron chi connectivity index (χ0n) is 10.2. The predicted octanol–water partition coefficient (Wildman–Crippen LogP) is 3.78. The van der Waals surface area contributed by atoms with Crippen LogP contribution in [0.3, 0.4) is 0 Å². The molecule has 100 valence electrons. The summed E-state index contributed by atoms with van der Waals surface area (Å²) in [5.41, 5.74) is 6.96. The van der Waals surface area contributed by atoms with Gasteiger partial charge < -0.3 is 10.5 Å². The average molecular weight is 328 g/mol. The summed E-state index contributed by atoms with van der Waals surface area (Å²) >= 11 is 3.34. The van der Waals surface area contributed by atoms with E-state index in [0.29, 0.717) is 11.3 Å². The van der Waals surface area contributed by atoms with E-state index in [1.807, 2.05) is 0 Å². The Hall–Kier alpha value is -1.46. The maximum atomic E-state index is 13.7. The lowest BCUT2D eigenvalue weighted by atomic mass is 9.99. The largest absolute Gasteiger partial charge is 0.496 e. The minimum atomic E-state index is -0.664. The maximum absolute atomic E-state index is 13.7. The molecule has 2 aromatic carbocycles. The third-order valence-corrected chi connectivity index (χ3v) is 3.45. The van der Waals surface area contributed by atoms with Gasteiger partial charge >= 0.3 is 0 Å². The van der Waals surface area contributed by atoms with Crippen molar-refractivity contribution < 1.29 is 13.5 Å². The molecule has 0 bridgehead atoms. The fourth-order valence-electron chi connectivity index (χ4n) is 1.81. The first kappa shape index (κ1) is 14.0. The molecule has 0 saturated heterocycles. The van der Waals surface area contributed by atoms with Crippen LogP contribution < -0.4 is 10.5 Å². The summed E-state index contributed by atoms with van der Waals surface area (Å²) in [6.07, 6.45) is 0. The summed E-state index contributed by atoms with van der Waals surface area (Å²) in [6, 6.07) is 7.95. The van der Waals surface area contributed by atoms with Crippen LogP contribution in [0, 0.1) is 11.6 Å². The molecule has 2 rings (SSSR count). The molecule has 0 saturated carbocycles. The summed E-state index contributed by atoms with van der Waals surface area (Å²) in [6.45, 7) is 0. The van der Waals surface area contributed by atoms with E-state index in [1.54, 1.807) is 25.3 Å². The van der Waals surface area contributed by atoms with Crippen LogP contribution in [0.5, 0.6) is 5.75 Å². The summed E-state index contributed by atoms with van der Waals surface area (Å²) in [5, 5.41) is 0. The van der Waals surface area contributed by atoms with Gasteiger partial charge in [-0.05, 0) is 39.7 Å². The van der Waals surface area contributed by atoms with Crippen molar-refractivity contribution in [3.8, 4) is 5.75 Å². The first-order valence-electron chi connectivity index (χ1n) is 5.57. The van der Waals surface area contributed by atoms with Crippen molar-refractivity contribution in [1.82, 2.24) is 0 Å². The van der Waals surface area contributed by atoms with Gasteiger partial charge in [-0.15, -0.1) is 0 Å². The van der Waals surface area contributed by atoms with Gasteiger partial charge in [-0.3, -0.25) is 0 Å². The van der Waals surface area contributed by atoms with Gasteiger partial charge in [0.05, 0.1) is 17.6 Å². The fourth-order valence-corrected chi connectivity index (χ4v) is 2.37. The lowest BCUT2D eigenvalue weighted by molar-refractivity contribution is 0.412. The molecule has 0 spiro atoms. The molecule has 0 aliphatic carbocycles. The minimum absolute atomic E-state index is 0.249. The van der Waals surface area contributed by atoms with Gasteiger partial charge in [0.25, 0.3) is 0 Å². The molecular weight excluding hydrogens is 316 g/mol. The second-order valence-corrected chi connectivity index (χ2v) is 4.89. The van der Waals surface area contributed by atoms with Gasteiger partial charge in [0.2, 0.25) is 0 Å². The first-order valence-corrected chi connectivity index (χ1v) is 6.36. The summed E-state index contributed by atoms with van der Waals surface area (Å²) in [5.74, 6) is -0.612. The van der Waals surface area contributed by atoms with Gasteiger partial charge in [0, 0.05) is 11.6 Å². The van der Waals surface area contributed by atoms with E-state index in [2.05, 4.69) is 15.9 Å². The number of halogens is 3. The van der Waals surface area contributed by atoms with E-state index < -0.39 is 17.7 Å². The number of nitrogens with two attached hydrogens (primary N) is 1. The van der Waals surface area contributed by atoms with Crippen LogP contribution in [0.1, 0.15) is 17.2 Å². The SMILES string of the molecule is COc1ccc(C(N)c2ccc(F)cc2F)cc1Br. The summed E-state index contributed by atoms with van der Waals surface area (Å²) < 4.78 is 32.4. The molecule has 0 radical (unpaired) electrons. The molecule has 2 aromatic rings. The van der Waals surface area contributed by atoms with E-state index in [9.17, 15) is 8.78 Å². The van der Waals surface area contributed by atoms with E-state index in [1.165, 1.54) is 12.1 Å². The normalized spacial score (nSPS) is 12.3. The third kappa shape index (κ3) is 2.93. The van der Waals surface area contributed by atoms with Gasteiger partial charge in [-0.2, -0.15) is 0 Å². The zero-order valence-corrected chi connectivity index (χ0v) is 11.7. The van der Waals surface area contributed by atoms with Crippen molar-refractivity contribution in [3.63, 3.8) is 0 Å². The Bertz CT molecular complexity index is 604. The number of benzene rings is 2. The molecule has 0 amide bonds. The highest BCUT2D eigenvalue weighted by atomic mass is 79.9. The molecule has 19 heavy (non-hydrogen) atoms. The Labute approximate surface area is 118 Å². The van der Waals surface area contributed by atoms with Crippen LogP contribution >= 0.6 is 15.9 Å². The second kappa shape index (κ2) is 5.67. The smallest absolute Gasteiger partial charge is 0.133 e. The Kier molecular flexibility index (Phi) is 4.17. The van der Waals surface area contributed by atoms with Crippen LogP contribution in [0.2, 0.25) is 0 Å². The summed E-state index contributed by atoms with van der Waals surface area (Å²) in [7, 11) is 1.55. The molecule has 0 aliphatic heterocycles. The van der Waals surface area contributed by atoms with Crippen molar-refractivity contribution in [3.05, 3.63) is 63.6 Å². The molecule has 2 N–H and O–H groups in total. The topological polar surface area (TPSA) is 35.2 Å². The van der Waals surface area contributed by atoms with E-state index in [0.717, 1.165) is 10.5 Å². The highest BCUT2D eigenvalue weighted by molar-refractivity contribution is 9.10. The maximum Gasteiger partial charge on any atom is 0.133 e. The number of hydrogen-bond acceptors (Lipinski definition) is 2. The fraction of sp³-hybridized carbons (Fsp3) is 0.143. The molecule has 0 heterocycles. The van der Waals surface area contributed by atoms with Crippen LogP contribution in [-0.4, -0.2) is 7.11 Å². The summed E-state index contributed by atoms with van der Waals surface area (Å²) in [4.78, 5) is 0. The first-order chi connectivity index (χ1) is 9.02. The van der Waals surface area contributed by atoms with Gasteiger partial charge in [0.15, 0.2) is 0 Å². The van der Waals surface area contributed by atoms with Gasteiger partial charge in [-0.25, -0.2) is 8.78 Å². The zero-order chi connectivity index (χ0) is 14.0. The Morgan fingerprint density at radius 3 is 2.47 bits per heavy atom. The van der Waals surface area contributed by atoms with Crippen molar-refractivity contribution in [1.29, 1.82) is 0 Å². The van der Waals surface area contributed by atoms with Gasteiger partial charge in [-0.1, -0.05) is 12.1 Å². The highest BCUT2D eigenvalue weighted by Gasteiger charge is 2.15. The van der Waals surface area contributed by atoms with E-state index in [-0.39, 0.29) is 5.56 Å².